The molecule has 0 aromatic carbocycles. The number of hydrogen-bond donors (Lipinski definition) is 1. The van der Waals surface area contributed by atoms with E-state index in [1.54, 1.807) is 11.8 Å². The summed E-state index contributed by atoms with van der Waals surface area (Å²) in [5.74, 6) is -0.0490. The van der Waals surface area contributed by atoms with E-state index in [0.717, 1.165) is 12.3 Å². The number of alkyl halides is 3. The van der Waals surface area contributed by atoms with Crippen molar-refractivity contribution in [2.24, 2.45) is 0 Å². The van der Waals surface area contributed by atoms with E-state index < -0.39 is 17.8 Å². The normalized spacial score (nSPS) is 20.6. The van der Waals surface area contributed by atoms with E-state index in [1.165, 1.54) is 16.9 Å². The van der Waals surface area contributed by atoms with Gasteiger partial charge in [0, 0.05) is 12.7 Å². The molecule has 0 radical (unpaired) electrons. The second-order valence-electron chi connectivity index (χ2n) is 6.29. The summed E-state index contributed by atoms with van der Waals surface area (Å²) in [5.41, 5.74) is -0.0167. The summed E-state index contributed by atoms with van der Waals surface area (Å²) in [5, 5.41) is 14.1. The third kappa shape index (κ3) is 3.18. The van der Waals surface area contributed by atoms with E-state index >= 15 is 0 Å². The van der Waals surface area contributed by atoms with E-state index in [4.69, 9.17) is 0 Å². The van der Waals surface area contributed by atoms with Gasteiger partial charge < -0.3 is 10.0 Å². The summed E-state index contributed by atoms with van der Waals surface area (Å²) in [6, 6.07) is 1.90. The lowest BCUT2D eigenvalue weighted by Crippen LogP contribution is -2.39. The Bertz CT molecular complexity index is 801. The minimum Gasteiger partial charge on any atom is -0.391 e. The van der Waals surface area contributed by atoms with Crippen LogP contribution in [0.5, 0.6) is 0 Å². The van der Waals surface area contributed by atoms with Crippen LogP contribution in [0.15, 0.2) is 24.5 Å². The molecule has 2 aromatic heterocycles. The summed E-state index contributed by atoms with van der Waals surface area (Å²) in [6.07, 6.45) is -1.72. The standard InChI is InChI=1S/C17H19F3N4O2/c1-3-13-14(25)6-7-23(13)16(26)12-9-22-24(10(12)2)15-5-4-11(8-21-15)17(18,19)20/h4-5,8-9,13-14,25H,3,6-7H2,1-2H3/t13-,14-/m0/s1. The third-order valence-corrected chi connectivity index (χ3v) is 4.72. The number of likely N-dealkylation sites (tertiary alicyclic amines) is 1. The minimum absolute atomic E-state index is 0.197. The van der Waals surface area contributed by atoms with Gasteiger partial charge in [0.25, 0.3) is 5.91 Å². The first-order chi connectivity index (χ1) is 12.2. The molecule has 1 aliphatic heterocycles. The summed E-state index contributed by atoms with van der Waals surface area (Å²) < 4.78 is 39.3. The van der Waals surface area contributed by atoms with Crippen LogP contribution in [0.1, 0.15) is 41.4 Å². The van der Waals surface area contributed by atoms with Gasteiger partial charge in [0.1, 0.15) is 0 Å². The predicted octanol–water partition coefficient (Wildman–Crippen LogP) is 2.58. The second kappa shape index (κ2) is 6.71. The molecular formula is C17H19F3N4O2. The molecule has 2 aromatic rings. The van der Waals surface area contributed by atoms with Crippen LogP contribution >= 0.6 is 0 Å². The summed E-state index contributed by atoms with van der Waals surface area (Å²) >= 11 is 0. The number of carbonyl (C=O) groups excluding carboxylic acids is 1. The SMILES string of the molecule is CC[C@H]1[C@@H](O)CCN1C(=O)c1cnn(-c2ccc(C(F)(F)F)cn2)c1C. The molecule has 0 spiro atoms. The van der Waals surface area contributed by atoms with Crippen LogP contribution < -0.4 is 0 Å². The zero-order chi connectivity index (χ0) is 19.1. The fraction of sp³-hybridized carbons (Fsp3) is 0.471. The molecule has 3 heterocycles. The van der Waals surface area contributed by atoms with E-state index in [0.29, 0.717) is 30.6 Å². The number of nitrogens with zero attached hydrogens (tertiary/aromatic N) is 4. The van der Waals surface area contributed by atoms with Crippen LogP contribution in [0.4, 0.5) is 13.2 Å². The van der Waals surface area contributed by atoms with Crippen molar-refractivity contribution in [1.29, 1.82) is 0 Å². The lowest BCUT2D eigenvalue weighted by molar-refractivity contribution is -0.137. The molecule has 1 N–H and O–H groups in total. The maximum atomic E-state index is 12.8. The molecule has 1 aliphatic rings. The maximum absolute atomic E-state index is 12.8. The van der Waals surface area contributed by atoms with Crippen LogP contribution in [0.2, 0.25) is 0 Å². The average Bonchev–Trinajstić information content (AvgIpc) is 3.16. The first kappa shape index (κ1) is 18.4. The van der Waals surface area contributed by atoms with Gasteiger partial charge in [-0.1, -0.05) is 6.92 Å². The van der Waals surface area contributed by atoms with Crippen LogP contribution in [0.3, 0.4) is 0 Å². The van der Waals surface area contributed by atoms with Crippen LogP contribution in [0, 0.1) is 6.92 Å². The number of carbonyl (C=O) groups is 1. The molecule has 1 saturated heterocycles. The quantitative estimate of drug-likeness (QED) is 0.904. The highest BCUT2D eigenvalue weighted by Crippen LogP contribution is 2.29. The smallest absolute Gasteiger partial charge is 0.391 e. The van der Waals surface area contributed by atoms with Gasteiger partial charge in [0.15, 0.2) is 5.82 Å². The Labute approximate surface area is 148 Å². The largest absolute Gasteiger partial charge is 0.417 e. The number of amides is 1. The molecule has 6 nitrogen and oxygen atoms in total. The molecule has 0 saturated carbocycles. The van der Waals surface area contributed by atoms with Crippen LogP contribution in [-0.2, 0) is 6.18 Å². The van der Waals surface area contributed by atoms with E-state index in [-0.39, 0.29) is 17.8 Å². The molecule has 1 fully saturated rings. The Morgan fingerprint density at radius 1 is 1.35 bits per heavy atom. The molecule has 9 heteroatoms. The van der Waals surface area contributed by atoms with Gasteiger partial charge in [-0.05, 0) is 31.9 Å². The third-order valence-electron chi connectivity index (χ3n) is 4.72. The topological polar surface area (TPSA) is 71.2 Å². The van der Waals surface area contributed by atoms with Gasteiger partial charge in [0.2, 0.25) is 0 Å². The van der Waals surface area contributed by atoms with Crippen molar-refractivity contribution >= 4 is 5.91 Å². The van der Waals surface area contributed by atoms with Gasteiger partial charge in [-0.3, -0.25) is 4.79 Å². The fourth-order valence-electron chi connectivity index (χ4n) is 3.27. The average molecular weight is 368 g/mol. The van der Waals surface area contributed by atoms with Crippen molar-refractivity contribution in [3.05, 3.63) is 41.3 Å². The monoisotopic (exact) mass is 368 g/mol. The molecule has 0 unspecified atom stereocenters. The molecule has 1 amide bonds. The number of rotatable bonds is 3. The minimum atomic E-state index is -4.46. The highest BCUT2D eigenvalue weighted by Gasteiger charge is 2.36. The Morgan fingerprint density at radius 3 is 2.65 bits per heavy atom. The van der Waals surface area contributed by atoms with Crippen molar-refractivity contribution in [3.63, 3.8) is 0 Å². The molecule has 3 rings (SSSR count). The van der Waals surface area contributed by atoms with Crippen molar-refractivity contribution in [2.75, 3.05) is 6.54 Å². The molecule has 26 heavy (non-hydrogen) atoms. The number of aliphatic hydroxyl groups excluding tert-OH is 1. The summed E-state index contributed by atoms with van der Waals surface area (Å²) in [7, 11) is 0. The lowest BCUT2D eigenvalue weighted by atomic mass is 10.1. The van der Waals surface area contributed by atoms with Crippen LogP contribution in [0.25, 0.3) is 5.82 Å². The van der Waals surface area contributed by atoms with Gasteiger partial charge in [-0.15, -0.1) is 0 Å². The summed E-state index contributed by atoms with van der Waals surface area (Å²) in [4.78, 5) is 18.2. The molecule has 140 valence electrons. The van der Waals surface area contributed by atoms with Crippen molar-refractivity contribution in [2.45, 2.75) is 45.0 Å². The number of pyridine rings is 1. The highest BCUT2D eigenvalue weighted by atomic mass is 19.4. The lowest BCUT2D eigenvalue weighted by Gasteiger charge is -2.25. The zero-order valence-electron chi connectivity index (χ0n) is 14.4. The van der Waals surface area contributed by atoms with Gasteiger partial charge in [-0.2, -0.15) is 18.3 Å². The first-order valence-electron chi connectivity index (χ1n) is 8.31. The Balaban J connectivity index is 1.87. The Morgan fingerprint density at radius 2 is 2.08 bits per heavy atom. The van der Waals surface area contributed by atoms with E-state index in [1.807, 2.05) is 6.92 Å². The van der Waals surface area contributed by atoms with Crippen molar-refractivity contribution < 1.29 is 23.1 Å². The summed E-state index contributed by atoms with van der Waals surface area (Å²) in [6.45, 7) is 4.02. The Hall–Kier alpha value is -2.42. The number of halogens is 3. The van der Waals surface area contributed by atoms with Crippen molar-refractivity contribution in [1.82, 2.24) is 19.7 Å². The number of hydrogen-bond acceptors (Lipinski definition) is 4. The maximum Gasteiger partial charge on any atom is 0.417 e. The molecule has 2 atom stereocenters. The number of aliphatic hydroxyl groups is 1. The van der Waals surface area contributed by atoms with Gasteiger partial charge >= 0.3 is 6.18 Å². The van der Waals surface area contributed by atoms with E-state index in [2.05, 4.69) is 10.1 Å². The fourth-order valence-corrected chi connectivity index (χ4v) is 3.27. The second-order valence-corrected chi connectivity index (χ2v) is 6.29. The molecule has 0 bridgehead atoms. The first-order valence-corrected chi connectivity index (χ1v) is 8.31. The van der Waals surface area contributed by atoms with Crippen LogP contribution in [-0.4, -0.2) is 49.4 Å². The van der Waals surface area contributed by atoms with Gasteiger partial charge in [0.05, 0.1) is 35.2 Å². The Kier molecular flexibility index (Phi) is 4.74. The van der Waals surface area contributed by atoms with Crippen molar-refractivity contribution in [3.8, 4) is 5.82 Å². The predicted molar refractivity (Wildman–Crippen MR) is 86.8 cm³/mol. The van der Waals surface area contributed by atoms with E-state index in [9.17, 15) is 23.1 Å². The highest BCUT2D eigenvalue weighted by molar-refractivity contribution is 5.95. The van der Waals surface area contributed by atoms with Gasteiger partial charge in [-0.25, -0.2) is 9.67 Å². The number of aromatic nitrogens is 3. The molecule has 0 aliphatic carbocycles. The molecular weight excluding hydrogens is 349 g/mol. The zero-order valence-corrected chi connectivity index (χ0v) is 14.4.